The normalized spacial score (nSPS) is 16.2. The quantitative estimate of drug-likeness (QED) is 0.788. The van der Waals surface area contributed by atoms with E-state index in [4.69, 9.17) is 4.74 Å². The minimum Gasteiger partial charge on any atom is -0.464 e. The molecule has 0 aliphatic carbocycles. The molecule has 0 unspecified atom stereocenters. The second-order valence-electron chi connectivity index (χ2n) is 4.99. The summed E-state index contributed by atoms with van der Waals surface area (Å²) in [5.41, 5.74) is 0.968. The molecule has 0 aromatic carbocycles. The fraction of sp³-hybridized carbons (Fsp3) is 0.643. The molecule has 110 valence electrons. The van der Waals surface area contributed by atoms with Crippen molar-refractivity contribution in [3.8, 4) is 6.01 Å². The Hall–Kier alpha value is -1.69. The lowest BCUT2D eigenvalue weighted by molar-refractivity contribution is -0.132. The number of amides is 1. The van der Waals surface area contributed by atoms with Crippen molar-refractivity contribution in [2.45, 2.75) is 19.8 Å². The van der Waals surface area contributed by atoms with Gasteiger partial charge in [-0.25, -0.2) is 9.97 Å². The monoisotopic (exact) mass is 278 g/mol. The number of aromatic nitrogens is 2. The molecule has 0 radical (unpaired) electrons. The molecule has 1 aromatic heterocycles. The van der Waals surface area contributed by atoms with E-state index in [1.807, 2.05) is 11.8 Å². The SMILES string of the molecule is CCOc1ncc(CCC(=O)N2CCN(C)CC2)cn1. The van der Waals surface area contributed by atoms with Crippen molar-refractivity contribution >= 4 is 5.91 Å². The number of aryl methyl sites for hydroxylation is 1. The topological polar surface area (TPSA) is 58.6 Å². The Kier molecular flexibility index (Phi) is 5.29. The number of carbonyl (C=O) groups is 1. The van der Waals surface area contributed by atoms with Crippen LogP contribution in [0.25, 0.3) is 0 Å². The predicted octanol–water partition coefficient (Wildman–Crippen LogP) is 0.582. The van der Waals surface area contributed by atoms with Crippen molar-refractivity contribution in [1.29, 1.82) is 0 Å². The first-order chi connectivity index (χ1) is 9.69. The lowest BCUT2D eigenvalue weighted by Gasteiger charge is -2.32. The van der Waals surface area contributed by atoms with Gasteiger partial charge in [0, 0.05) is 45.0 Å². The number of rotatable bonds is 5. The van der Waals surface area contributed by atoms with E-state index in [-0.39, 0.29) is 5.91 Å². The zero-order valence-electron chi connectivity index (χ0n) is 12.2. The molecule has 0 N–H and O–H groups in total. The van der Waals surface area contributed by atoms with Crippen LogP contribution in [0.15, 0.2) is 12.4 Å². The van der Waals surface area contributed by atoms with Gasteiger partial charge >= 0.3 is 6.01 Å². The second-order valence-corrected chi connectivity index (χ2v) is 4.99. The predicted molar refractivity (Wildman–Crippen MR) is 75.6 cm³/mol. The summed E-state index contributed by atoms with van der Waals surface area (Å²) in [6.45, 7) is 6.02. The van der Waals surface area contributed by atoms with Gasteiger partial charge in [-0.15, -0.1) is 0 Å². The zero-order chi connectivity index (χ0) is 14.4. The van der Waals surface area contributed by atoms with Crippen molar-refractivity contribution in [3.05, 3.63) is 18.0 Å². The molecule has 6 heteroatoms. The fourth-order valence-electron chi connectivity index (χ4n) is 2.14. The van der Waals surface area contributed by atoms with Gasteiger partial charge in [-0.05, 0) is 26.0 Å². The van der Waals surface area contributed by atoms with E-state index >= 15 is 0 Å². The highest BCUT2D eigenvalue weighted by Crippen LogP contribution is 2.08. The van der Waals surface area contributed by atoms with E-state index in [0.717, 1.165) is 31.7 Å². The molecule has 1 amide bonds. The number of ether oxygens (including phenoxy) is 1. The van der Waals surface area contributed by atoms with Crippen LogP contribution in [0, 0.1) is 0 Å². The summed E-state index contributed by atoms with van der Waals surface area (Å²) in [4.78, 5) is 24.5. The third-order valence-electron chi connectivity index (χ3n) is 3.44. The van der Waals surface area contributed by atoms with Crippen LogP contribution < -0.4 is 4.74 Å². The van der Waals surface area contributed by atoms with Gasteiger partial charge in [0.25, 0.3) is 0 Å². The first kappa shape index (κ1) is 14.7. The molecular weight excluding hydrogens is 256 g/mol. The van der Waals surface area contributed by atoms with Crippen LogP contribution in [-0.2, 0) is 11.2 Å². The molecule has 1 saturated heterocycles. The lowest BCUT2D eigenvalue weighted by Crippen LogP contribution is -2.47. The number of carbonyl (C=O) groups excluding carboxylic acids is 1. The van der Waals surface area contributed by atoms with Crippen LogP contribution in [-0.4, -0.2) is 65.5 Å². The van der Waals surface area contributed by atoms with Gasteiger partial charge in [-0.3, -0.25) is 4.79 Å². The largest absolute Gasteiger partial charge is 0.464 e. The summed E-state index contributed by atoms with van der Waals surface area (Å²) in [5, 5.41) is 0. The average Bonchev–Trinajstić information content (AvgIpc) is 2.47. The van der Waals surface area contributed by atoms with Gasteiger partial charge in [-0.2, -0.15) is 0 Å². The highest BCUT2D eigenvalue weighted by molar-refractivity contribution is 5.76. The molecule has 2 rings (SSSR count). The molecule has 2 heterocycles. The third-order valence-corrected chi connectivity index (χ3v) is 3.44. The number of piperazine rings is 1. The fourth-order valence-corrected chi connectivity index (χ4v) is 2.14. The molecule has 0 bridgehead atoms. The highest BCUT2D eigenvalue weighted by Gasteiger charge is 2.18. The van der Waals surface area contributed by atoms with E-state index in [1.54, 1.807) is 12.4 Å². The van der Waals surface area contributed by atoms with E-state index in [0.29, 0.717) is 25.5 Å². The van der Waals surface area contributed by atoms with Crippen molar-refractivity contribution in [2.24, 2.45) is 0 Å². The van der Waals surface area contributed by atoms with Crippen LogP contribution in [0.3, 0.4) is 0 Å². The summed E-state index contributed by atoms with van der Waals surface area (Å²) in [5.74, 6) is 0.215. The molecule has 1 aliphatic rings. The highest BCUT2D eigenvalue weighted by atomic mass is 16.5. The van der Waals surface area contributed by atoms with Crippen molar-refractivity contribution in [2.75, 3.05) is 39.8 Å². The van der Waals surface area contributed by atoms with Gasteiger partial charge in [0.15, 0.2) is 0 Å². The maximum atomic E-state index is 12.1. The minimum absolute atomic E-state index is 0.215. The molecule has 20 heavy (non-hydrogen) atoms. The van der Waals surface area contributed by atoms with Gasteiger partial charge in [-0.1, -0.05) is 0 Å². The van der Waals surface area contributed by atoms with E-state index in [2.05, 4.69) is 21.9 Å². The lowest BCUT2D eigenvalue weighted by atomic mass is 10.1. The molecule has 6 nitrogen and oxygen atoms in total. The summed E-state index contributed by atoms with van der Waals surface area (Å²) >= 11 is 0. The Morgan fingerprint density at radius 3 is 2.50 bits per heavy atom. The van der Waals surface area contributed by atoms with Crippen molar-refractivity contribution < 1.29 is 9.53 Å². The first-order valence-electron chi connectivity index (χ1n) is 7.09. The molecule has 1 aromatic rings. The Balaban J connectivity index is 1.78. The number of hydrogen-bond acceptors (Lipinski definition) is 5. The Morgan fingerprint density at radius 1 is 1.25 bits per heavy atom. The van der Waals surface area contributed by atoms with Crippen LogP contribution >= 0.6 is 0 Å². The summed E-state index contributed by atoms with van der Waals surface area (Å²) in [7, 11) is 2.08. The van der Waals surface area contributed by atoms with Gasteiger partial charge in [0.05, 0.1) is 6.61 Å². The zero-order valence-corrected chi connectivity index (χ0v) is 12.2. The average molecular weight is 278 g/mol. The smallest absolute Gasteiger partial charge is 0.316 e. The first-order valence-corrected chi connectivity index (χ1v) is 7.09. The number of hydrogen-bond donors (Lipinski definition) is 0. The molecule has 1 fully saturated rings. The summed E-state index contributed by atoms with van der Waals surface area (Å²) in [6, 6.07) is 0.390. The van der Waals surface area contributed by atoms with E-state index in [1.165, 1.54) is 0 Å². The van der Waals surface area contributed by atoms with Crippen LogP contribution in [0.5, 0.6) is 6.01 Å². The Bertz CT molecular complexity index is 427. The Morgan fingerprint density at radius 2 is 1.90 bits per heavy atom. The maximum Gasteiger partial charge on any atom is 0.316 e. The van der Waals surface area contributed by atoms with E-state index < -0.39 is 0 Å². The Labute approximate surface area is 119 Å². The molecule has 0 atom stereocenters. The molecule has 1 aliphatic heterocycles. The summed E-state index contributed by atoms with van der Waals surface area (Å²) in [6.07, 6.45) is 4.66. The van der Waals surface area contributed by atoms with Crippen LogP contribution in [0.4, 0.5) is 0 Å². The minimum atomic E-state index is 0.215. The summed E-state index contributed by atoms with van der Waals surface area (Å²) < 4.78 is 5.19. The molecule has 0 saturated carbocycles. The number of likely N-dealkylation sites (N-methyl/N-ethyl adjacent to an activating group) is 1. The van der Waals surface area contributed by atoms with E-state index in [9.17, 15) is 4.79 Å². The van der Waals surface area contributed by atoms with Crippen molar-refractivity contribution in [3.63, 3.8) is 0 Å². The van der Waals surface area contributed by atoms with Crippen LogP contribution in [0.1, 0.15) is 18.9 Å². The molecular formula is C14H22N4O2. The van der Waals surface area contributed by atoms with Crippen LogP contribution in [0.2, 0.25) is 0 Å². The standard InChI is InChI=1S/C14H22N4O2/c1-3-20-14-15-10-12(11-16-14)4-5-13(19)18-8-6-17(2)7-9-18/h10-11H,3-9H2,1-2H3. The third kappa shape index (κ3) is 4.16. The molecule has 0 spiro atoms. The van der Waals surface area contributed by atoms with Gasteiger partial charge < -0.3 is 14.5 Å². The maximum absolute atomic E-state index is 12.1. The number of nitrogens with zero attached hydrogens (tertiary/aromatic N) is 4. The van der Waals surface area contributed by atoms with Gasteiger partial charge in [0.1, 0.15) is 0 Å². The second kappa shape index (κ2) is 7.19. The van der Waals surface area contributed by atoms with Crippen molar-refractivity contribution in [1.82, 2.24) is 19.8 Å². The van der Waals surface area contributed by atoms with Gasteiger partial charge in [0.2, 0.25) is 5.91 Å².